The van der Waals surface area contributed by atoms with Crippen molar-refractivity contribution in [3.63, 3.8) is 0 Å². The van der Waals surface area contributed by atoms with E-state index >= 15 is 0 Å². The van der Waals surface area contributed by atoms with E-state index in [1.807, 2.05) is 17.5 Å². The molecule has 0 aromatic carbocycles. The highest BCUT2D eigenvalue weighted by atomic mass is 32.2. The molecular formula is C12H8F2N8S2. The van der Waals surface area contributed by atoms with Crippen LogP contribution in [0.1, 0.15) is 17.1 Å². The smallest absolute Gasteiger partial charge is 0.215 e. The zero-order valence-corrected chi connectivity index (χ0v) is 13.5. The van der Waals surface area contributed by atoms with Gasteiger partial charge < -0.3 is 0 Å². The van der Waals surface area contributed by atoms with Crippen molar-refractivity contribution < 1.29 is 8.78 Å². The summed E-state index contributed by atoms with van der Waals surface area (Å²) in [6, 6.07) is 7.16. The first kappa shape index (κ1) is 15.1. The number of nitrogens with zero attached hydrogens (tertiary/aromatic N) is 8. The second kappa shape index (κ2) is 6.20. The van der Waals surface area contributed by atoms with Gasteiger partial charge in [0.05, 0.1) is 6.54 Å². The van der Waals surface area contributed by atoms with Crippen LogP contribution in [0.15, 0.2) is 39.8 Å². The van der Waals surface area contributed by atoms with Gasteiger partial charge >= 0.3 is 0 Å². The van der Waals surface area contributed by atoms with Crippen molar-refractivity contribution in [2.75, 3.05) is 0 Å². The van der Waals surface area contributed by atoms with E-state index in [1.54, 1.807) is 28.2 Å². The maximum Gasteiger partial charge on any atom is 0.299 e. The van der Waals surface area contributed by atoms with E-state index in [-0.39, 0.29) is 5.65 Å². The van der Waals surface area contributed by atoms with Gasteiger partial charge in [0.1, 0.15) is 5.03 Å². The average molecular weight is 366 g/mol. The van der Waals surface area contributed by atoms with Crippen LogP contribution in [-0.4, -0.2) is 40.0 Å². The van der Waals surface area contributed by atoms with Gasteiger partial charge in [0.25, 0.3) is 6.43 Å². The van der Waals surface area contributed by atoms with Gasteiger partial charge in [-0.25, -0.2) is 13.5 Å². The number of fused-ring (bicyclic) bond motifs is 1. The van der Waals surface area contributed by atoms with E-state index in [1.165, 1.54) is 11.8 Å². The highest BCUT2D eigenvalue weighted by molar-refractivity contribution is 7.99. The fourth-order valence-electron chi connectivity index (χ4n) is 1.99. The minimum absolute atomic E-state index is 0.257. The molecule has 0 bridgehead atoms. The molecule has 12 heteroatoms. The minimum atomic E-state index is -2.75. The van der Waals surface area contributed by atoms with Gasteiger partial charge in [-0.2, -0.15) is 9.61 Å². The van der Waals surface area contributed by atoms with Crippen LogP contribution in [-0.2, 0) is 6.54 Å². The first-order valence-electron chi connectivity index (χ1n) is 6.67. The number of thiophene rings is 1. The first-order valence-corrected chi connectivity index (χ1v) is 8.37. The fourth-order valence-corrected chi connectivity index (χ4v) is 3.41. The van der Waals surface area contributed by atoms with Crippen molar-refractivity contribution in [3.8, 4) is 0 Å². The number of rotatable bonds is 5. The third kappa shape index (κ3) is 2.85. The van der Waals surface area contributed by atoms with Crippen molar-refractivity contribution in [1.29, 1.82) is 0 Å². The first-order chi connectivity index (χ1) is 11.7. The summed E-state index contributed by atoms with van der Waals surface area (Å²) in [6.07, 6.45) is -2.75. The zero-order valence-electron chi connectivity index (χ0n) is 11.8. The van der Waals surface area contributed by atoms with Crippen LogP contribution in [0.3, 0.4) is 0 Å². The predicted molar refractivity (Wildman–Crippen MR) is 81.1 cm³/mol. The van der Waals surface area contributed by atoms with Crippen molar-refractivity contribution in [2.24, 2.45) is 0 Å². The Hall–Kier alpha value is -2.47. The van der Waals surface area contributed by atoms with Gasteiger partial charge in [0, 0.05) is 4.88 Å². The van der Waals surface area contributed by atoms with Gasteiger partial charge in [-0.05, 0) is 45.8 Å². The lowest BCUT2D eigenvalue weighted by atomic mass is 10.5. The molecule has 24 heavy (non-hydrogen) atoms. The van der Waals surface area contributed by atoms with Gasteiger partial charge in [0.15, 0.2) is 5.65 Å². The molecule has 0 saturated carbocycles. The monoisotopic (exact) mass is 366 g/mol. The lowest BCUT2D eigenvalue weighted by Gasteiger charge is -2.03. The molecule has 0 spiro atoms. The number of alkyl halides is 2. The molecule has 8 nitrogen and oxygen atoms in total. The third-order valence-corrected chi connectivity index (χ3v) is 4.80. The number of tetrazole rings is 1. The van der Waals surface area contributed by atoms with Gasteiger partial charge in [0.2, 0.25) is 11.0 Å². The minimum Gasteiger partial charge on any atom is -0.215 e. The standard InChI is InChI=1S/C12H8F2N8S2/c13-10(14)11-16-15-8-3-4-9(18-22(8)11)24-12-17-19-20-21(12)6-7-2-1-5-23-7/h1-5,10H,6H2. The molecule has 0 atom stereocenters. The Bertz CT molecular complexity index is 965. The molecule has 0 amide bonds. The summed E-state index contributed by atoms with van der Waals surface area (Å²) < 4.78 is 28.5. The largest absolute Gasteiger partial charge is 0.299 e. The summed E-state index contributed by atoms with van der Waals surface area (Å²) >= 11 is 2.78. The Morgan fingerprint density at radius 1 is 1.17 bits per heavy atom. The molecule has 4 aromatic rings. The van der Waals surface area contributed by atoms with E-state index in [0.29, 0.717) is 16.7 Å². The maximum absolute atomic E-state index is 12.9. The Morgan fingerprint density at radius 2 is 2.08 bits per heavy atom. The number of aromatic nitrogens is 8. The fraction of sp³-hybridized carbons (Fsp3) is 0.167. The van der Waals surface area contributed by atoms with Gasteiger partial charge in [-0.3, -0.25) is 0 Å². The Kier molecular flexibility index (Phi) is 3.90. The van der Waals surface area contributed by atoms with E-state index in [4.69, 9.17) is 0 Å². The van der Waals surface area contributed by atoms with Crippen molar-refractivity contribution in [3.05, 3.63) is 40.3 Å². The molecule has 4 rings (SSSR count). The number of hydrogen-bond acceptors (Lipinski definition) is 8. The summed E-state index contributed by atoms with van der Waals surface area (Å²) in [5.74, 6) is -0.495. The summed E-state index contributed by atoms with van der Waals surface area (Å²) in [5.41, 5.74) is 0.257. The van der Waals surface area contributed by atoms with Crippen LogP contribution in [0, 0.1) is 0 Å². The second-order valence-corrected chi connectivity index (χ2v) is 6.62. The predicted octanol–water partition coefficient (Wildman–Crippen LogP) is 2.31. The molecule has 0 N–H and O–H groups in total. The normalized spacial score (nSPS) is 11.6. The Balaban J connectivity index is 1.63. The molecular weight excluding hydrogens is 358 g/mol. The number of hydrogen-bond donors (Lipinski definition) is 0. The van der Waals surface area contributed by atoms with Crippen LogP contribution in [0.2, 0.25) is 0 Å². The molecule has 0 aliphatic carbocycles. The highest BCUT2D eigenvalue weighted by Crippen LogP contribution is 2.25. The summed E-state index contributed by atoms with van der Waals surface area (Å²) in [6.45, 7) is 0.532. The van der Waals surface area contributed by atoms with E-state index in [9.17, 15) is 8.78 Å². The van der Waals surface area contributed by atoms with E-state index < -0.39 is 12.2 Å². The molecule has 0 unspecified atom stereocenters. The third-order valence-electron chi connectivity index (χ3n) is 3.04. The molecule has 0 aliphatic heterocycles. The molecule has 0 saturated heterocycles. The summed E-state index contributed by atoms with van der Waals surface area (Å²) in [4.78, 5) is 1.10. The maximum atomic E-state index is 12.9. The highest BCUT2D eigenvalue weighted by Gasteiger charge is 2.18. The van der Waals surface area contributed by atoms with Crippen molar-refractivity contribution >= 4 is 28.7 Å². The van der Waals surface area contributed by atoms with Crippen molar-refractivity contribution in [2.45, 2.75) is 23.2 Å². The van der Waals surface area contributed by atoms with Crippen LogP contribution < -0.4 is 0 Å². The summed E-state index contributed by atoms with van der Waals surface area (Å²) in [7, 11) is 0. The lowest BCUT2D eigenvalue weighted by molar-refractivity contribution is 0.137. The van der Waals surface area contributed by atoms with Crippen molar-refractivity contribution in [1.82, 2.24) is 40.0 Å². The van der Waals surface area contributed by atoms with E-state index in [0.717, 1.165) is 9.39 Å². The van der Waals surface area contributed by atoms with Gasteiger partial charge in [-0.1, -0.05) is 6.07 Å². The Morgan fingerprint density at radius 3 is 2.88 bits per heavy atom. The zero-order chi connectivity index (χ0) is 16.5. The summed E-state index contributed by atoms with van der Waals surface area (Å²) in [5, 5.41) is 25.8. The van der Waals surface area contributed by atoms with Crippen LogP contribution in [0.4, 0.5) is 8.78 Å². The van der Waals surface area contributed by atoms with Crippen LogP contribution in [0.5, 0.6) is 0 Å². The molecule has 4 heterocycles. The topological polar surface area (TPSA) is 86.7 Å². The lowest BCUT2D eigenvalue weighted by Crippen LogP contribution is -2.03. The average Bonchev–Trinajstić information content (AvgIpc) is 3.29. The van der Waals surface area contributed by atoms with E-state index in [2.05, 4.69) is 30.8 Å². The van der Waals surface area contributed by atoms with Gasteiger partial charge in [-0.15, -0.1) is 26.6 Å². The van der Waals surface area contributed by atoms with Crippen LogP contribution >= 0.6 is 23.1 Å². The molecule has 0 fully saturated rings. The SMILES string of the molecule is FC(F)c1nnc2ccc(Sc3nnnn3Cc3cccs3)nn12. The Labute approximate surface area is 141 Å². The molecule has 0 aliphatic rings. The number of halogens is 2. The second-order valence-electron chi connectivity index (χ2n) is 4.60. The van der Waals surface area contributed by atoms with Crippen LogP contribution in [0.25, 0.3) is 5.65 Å². The quantitative estimate of drug-likeness (QED) is 0.536. The molecule has 4 aromatic heterocycles. The molecule has 0 radical (unpaired) electrons. The molecule has 122 valence electrons.